The maximum Gasteiger partial charge on any atom is 0.161 e. The normalized spacial score (nSPS) is 11.3. The van der Waals surface area contributed by atoms with Crippen LogP contribution in [0, 0.1) is 13.8 Å². The maximum absolute atomic E-state index is 4.59. The van der Waals surface area contributed by atoms with Crippen LogP contribution in [-0.4, -0.2) is 19.9 Å². The number of imidazole rings is 1. The Labute approximate surface area is 121 Å². The Morgan fingerprint density at radius 3 is 2.81 bits per heavy atom. The molecule has 21 heavy (non-hydrogen) atoms. The molecule has 0 atom stereocenters. The smallest absolute Gasteiger partial charge is 0.161 e. The number of hydrogen-bond donors (Lipinski definition) is 1. The van der Waals surface area contributed by atoms with Crippen LogP contribution in [0.15, 0.2) is 42.9 Å². The van der Waals surface area contributed by atoms with Gasteiger partial charge < -0.3 is 4.98 Å². The van der Waals surface area contributed by atoms with E-state index < -0.39 is 0 Å². The van der Waals surface area contributed by atoms with Crippen molar-refractivity contribution in [2.45, 2.75) is 13.8 Å². The molecular formula is C17H14N4. The number of H-pyrrole nitrogens is 1. The summed E-state index contributed by atoms with van der Waals surface area (Å²) in [4.78, 5) is 16.1. The fourth-order valence-electron chi connectivity index (χ4n) is 2.75. The number of benzene rings is 2. The van der Waals surface area contributed by atoms with Crippen LogP contribution in [0.1, 0.15) is 11.1 Å². The largest absolute Gasteiger partial charge is 0.323 e. The highest BCUT2D eigenvalue weighted by atomic mass is 15.0. The highest BCUT2D eigenvalue weighted by Crippen LogP contribution is 2.29. The van der Waals surface area contributed by atoms with Crippen molar-refractivity contribution in [3.8, 4) is 11.4 Å². The minimum atomic E-state index is 0.767. The van der Waals surface area contributed by atoms with E-state index in [1.807, 2.05) is 0 Å². The fourth-order valence-corrected chi connectivity index (χ4v) is 2.75. The van der Waals surface area contributed by atoms with E-state index in [0.717, 1.165) is 22.6 Å². The zero-order chi connectivity index (χ0) is 14.4. The molecular weight excluding hydrogens is 260 g/mol. The molecule has 2 aromatic heterocycles. The lowest BCUT2D eigenvalue weighted by Crippen LogP contribution is -1.88. The summed E-state index contributed by atoms with van der Waals surface area (Å²) >= 11 is 0. The summed E-state index contributed by atoms with van der Waals surface area (Å²) in [5.41, 5.74) is 5.15. The second-order valence-electron chi connectivity index (χ2n) is 5.30. The van der Waals surface area contributed by atoms with E-state index in [-0.39, 0.29) is 0 Å². The van der Waals surface area contributed by atoms with Gasteiger partial charge >= 0.3 is 0 Å². The predicted molar refractivity (Wildman–Crippen MR) is 84.1 cm³/mol. The van der Waals surface area contributed by atoms with Gasteiger partial charge in [-0.3, -0.25) is 0 Å². The number of aryl methyl sites for hydroxylation is 2. The van der Waals surface area contributed by atoms with Crippen molar-refractivity contribution in [1.29, 1.82) is 0 Å². The van der Waals surface area contributed by atoms with Crippen LogP contribution in [-0.2, 0) is 0 Å². The summed E-state index contributed by atoms with van der Waals surface area (Å²) < 4.78 is 0. The average molecular weight is 274 g/mol. The van der Waals surface area contributed by atoms with Gasteiger partial charge in [0.25, 0.3) is 0 Å². The van der Waals surface area contributed by atoms with Crippen molar-refractivity contribution in [3.63, 3.8) is 0 Å². The van der Waals surface area contributed by atoms with E-state index in [1.165, 1.54) is 28.2 Å². The maximum atomic E-state index is 4.59. The fraction of sp³-hybridized carbons (Fsp3) is 0.118. The van der Waals surface area contributed by atoms with Gasteiger partial charge in [-0.25, -0.2) is 15.0 Å². The molecule has 0 amide bonds. The lowest BCUT2D eigenvalue weighted by atomic mass is 9.98. The predicted octanol–water partition coefficient (Wildman–Crippen LogP) is 3.79. The highest BCUT2D eigenvalue weighted by molar-refractivity contribution is 5.91. The van der Waals surface area contributed by atoms with Crippen LogP contribution in [0.5, 0.6) is 0 Å². The van der Waals surface area contributed by atoms with Crippen molar-refractivity contribution in [1.82, 2.24) is 19.9 Å². The highest BCUT2D eigenvalue weighted by Gasteiger charge is 2.10. The van der Waals surface area contributed by atoms with E-state index in [1.54, 1.807) is 6.20 Å². The summed E-state index contributed by atoms with van der Waals surface area (Å²) in [5, 5.41) is 2.51. The van der Waals surface area contributed by atoms with Crippen molar-refractivity contribution >= 4 is 21.9 Å². The summed E-state index contributed by atoms with van der Waals surface area (Å²) in [7, 11) is 0. The van der Waals surface area contributed by atoms with Gasteiger partial charge in [-0.15, -0.1) is 0 Å². The molecule has 2 aromatic carbocycles. The third-order valence-electron chi connectivity index (χ3n) is 3.86. The van der Waals surface area contributed by atoms with Crippen molar-refractivity contribution < 1.29 is 0 Å². The minimum Gasteiger partial charge on any atom is -0.323 e. The van der Waals surface area contributed by atoms with E-state index in [0.29, 0.717) is 0 Å². The van der Waals surface area contributed by atoms with Crippen molar-refractivity contribution in [3.05, 3.63) is 54.0 Å². The zero-order valence-corrected chi connectivity index (χ0v) is 11.9. The first-order valence-corrected chi connectivity index (χ1v) is 6.88. The van der Waals surface area contributed by atoms with E-state index in [2.05, 4.69) is 64.1 Å². The van der Waals surface area contributed by atoms with Crippen LogP contribution >= 0.6 is 0 Å². The number of aromatic amines is 1. The third-order valence-corrected chi connectivity index (χ3v) is 3.86. The molecule has 0 aliphatic heterocycles. The van der Waals surface area contributed by atoms with Gasteiger partial charge in [0, 0.05) is 5.56 Å². The van der Waals surface area contributed by atoms with Crippen molar-refractivity contribution in [2.24, 2.45) is 0 Å². The molecule has 4 nitrogen and oxygen atoms in total. The average Bonchev–Trinajstić information content (AvgIpc) is 2.91. The Morgan fingerprint density at radius 2 is 1.95 bits per heavy atom. The van der Waals surface area contributed by atoms with Crippen LogP contribution in [0.2, 0.25) is 0 Å². The quantitative estimate of drug-likeness (QED) is 0.574. The Morgan fingerprint density at radius 1 is 1.05 bits per heavy atom. The Bertz CT molecular complexity index is 936. The first-order chi connectivity index (χ1) is 10.2. The van der Waals surface area contributed by atoms with Gasteiger partial charge in [0.15, 0.2) is 5.65 Å². The molecule has 4 aromatic rings. The van der Waals surface area contributed by atoms with Gasteiger partial charge in [-0.2, -0.15) is 0 Å². The second kappa shape index (κ2) is 4.38. The molecule has 2 heterocycles. The van der Waals surface area contributed by atoms with E-state index in [9.17, 15) is 0 Å². The zero-order valence-electron chi connectivity index (χ0n) is 11.9. The summed E-state index contributed by atoms with van der Waals surface area (Å²) in [6.45, 7) is 4.24. The molecule has 0 saturated heterocycles. The third kappa shape index (κ3) is 1.88. The molecule has 1 N–H and O–H groups in total. The standard InChI is InChI=1S/C17H14N4/c1-10-3-5-13-11(2)14(6-4-12(13)7-10)16-20-15-8-18-9-19-17(15)21-16/h3-9H,1-2H3,(H,18,19,20,21). The van der Waals surface area contributed by atoms with Crippen LogP contribution in [0.4, 0.5) is 0 Å². The minimum absolute atomic E-state index is 0.767. The van der Waals surface area contributed by atoms with Crippen LogP contribution in [0.25, 0.3) is 33.3 Å². The summed E-state index contributed by atoms with van der Waals surface area (Å²) in [6, 6.07) is 10.8. The molecule has 0 saturated carbocycles. The summed E-state index contributed by atoms with van der Waals surface area (Å²) in [5.74, 6) is 0.838. The van der Waals surface area contributed by atoms with Gasteiger partial charge in [-0.1, -0.05) is 35.9 Å². The van der Waals surface area contributed by atoms with Gasteiger partial charge in [0.05, 0.1) is 6.20 Å². The van der Waals surface area contributed by atoms with Gasteiger partial charge in [-0.05, 0) is 30.2 Å². The molecule has 0 fully saturated rings. The number of fused-ring (bicyclic) bond motifs is 2. The van der Waals surface area contributed by atoms with E-state index >= 15 is 0 Å². The molecule has 0 aliphatic rings. The molecule has 0 aliphatic carbocycles. The van der Waals surface area contributed by atoms with Gasteiger partial charge in [0.1, 0.15) is 17.7 Å². The Hall–Kier alpha value is -2.75. The summed E-state index contributed by atoms with van der Waals surface area (Å²) in [6.07, 6.45) is 3.25. The number of aromatic nitrogens is 4. The lowest BCUT2D eigenvalue weighted by molar-refractivity contribution is 1.20. The first-order valence-electron chi connectivity index (χ1n) is 6.88. The SMILES string of the molecule is Cc1ccc2c(C)c(-c3nc4cncnc4[nH]3)ccc2c1. The number of nitrogens with zero attached hydrogens (tertiary/aromatic N) is 3. The van der Waals surface area contributed by atoms with Crippen LogP contribution in [0.3, 0.4) is 0 Å². The Balaban J connectivity index is 1.97. The molecule has 0 bridgehead atoms. The monoisotopic (exact) mass is 274 g/mol. The number of nitrogens with one attached hydrogen (secondary N) is 1. The topological polar surface area (TPSA) is 54.5 Å². The van der Waals surface area contributed by atoms with E-state index in [4.69, 9.17) is 0 Å². The molecule has 102 valence electrons. The molecule has 0 unspecified atom stereocenters. The van der Waals surface area contributed by atoms with Crippen LogP contribution < -0.4 is 0 Å². The second-order valence-corrected chi connectivity index (χ2v) is 5.30. The van der Waals surface area contributed by atoms with Crippen molar-refractivity contribution in [2.75, 3.05) is 0 Å². The first kappa shape index (κ1) is 12.0. The molecule has 0 spiro atoms. The molecule has 0 radical (unpaired) electrons. The Kier molecular flexibility index (Phi) is 2.51. The lowest BCUT2D eigenvalue weighted by Gasteiger charge is -2.08. The van der Waals surface area contributed by atoms with Gasteiger partial charge in [0.2, 0.25) is 0 Å². The number of rotatable bonds is 1. The molecule has 4 rings (SSSR count). The number of hydrogen-bond acceptors (Lipinski definition) is 3. The molecule has 4 heteroatoms.